The molecular formula is C8H18N2O2. The largest absolute Gasteiger partial charge is 0.301 e. The molecule has 72 valence electrons. The number of hydrogen-bond donors (Lipinski definition) is 1. The van der Waals surface area contributed by atoms with Gasteiger partial charge in [0.25, 0.3) is 5.91 Å². The number of hydroxylamine groups is 1. The number of nitrogens with zero attached hydrogens (tertiary/aromatic N) is 1. The van der Waals surface area contributed by atoms with E-state index in [1.807, 2.05) is 27.9 Å². The van der Waals surface area contributed by atoms with Crippen molar-refractivity contribution >= 4 is 5.91 Å². The minimum atomic E-state index is -0.111. The zero-order valence-electron chi connectivity index (χ0n) is 8.26. The summed E-state index contributed by atoms with van der Waals surface area (Å²) in [7, 11) is 3.67. The Morgan fingerprint density at radius 2 is 2.08 bits per heavy atom. The number of carbonyl (C=O) groups excluding carboxylic acids is 1. The molecule has 0 bridgehead atoms. The molecular weight excluding hydrogens is 156 g/mol. The topological polar surface area (TPSA) is 41.6 Å². The van der Waals surface area contributed by atoms with Crippen molar-refractivity contribution in [1.82, 2.24) is 10.4 Å². The number of likely N-dealkylation sites (N-methyl/N-ethyl adjacent to an activating group) is 1. The molecule has 1 N–H and O–H groups in total. The average Bonchev–Trinajstić information content (AvgIpc) is 1.84. The van der Waals surface area contributed by atoms with Crippen molar-refractivity contribution < 1.29 is 9.63 Å². The van der Waals surface area contributed by atoms with Crippen LogP contribution in [0.3, 0.4) is 0 Å². The van der Waals surface area contributed by atoms with Crippen LogP contribution in [0.4, 0.5) is 0 Å². The van der Waals surface area contributed by atoms with Crippen molar-refractivity contribution in [2.45, 2.75) is 13.8 Å². The average molecular weight is 174 g/mol. The standard InChI is InChI=1S/C8H18N2O2/c1-7(2)6-12-9-8(11)5-10(3)4/h7H,5-6H2,1-4H3,(H,9,11). The Morgan fingerprint density at radius 3 is 2.50 bits per heavy atom. The molecule has 4 nitrogen and oxygen atoms in total. The third kappa shape index (κ3) is 7.50. The van der Waals surface area contributed by atoms with Crippen LogP contribution >= 0.6 is 0 Å². The Hall–Kier alpha value is -0.610. The van der Waals surface area contributed by atoms with Gasteiger partial charge in [0.05, 0.1) is 13.2 Å². The quantitative estimate of drug-likeness (QED) is 0.607. The molecule has 0 aromatic carbocycles. The first-order valence-electron chi connectivity index (χ1n) is 4.07. The Labute approximate surface area is 73.8 Å². The van der Waals surface area contributed by atoms with Gasteiger partial charge in [0.15, 0.2) is 0 Å². The molecule has 12 heavy (non-hydrogen) atoms. The van der Waals surface area contributed by atoms with E-state index in [0.29, 0.717) is 19.1 Å². The minimum absolute atomic E-state index is 0.111. The van der Waals surface area contributed by atoms with Crippen LogP contribution in [0.15, 0.2) is 0 Å². The fraction of sp³-hybridized carbons (Fsp3) is 0.875. The maximum atomic E-state index is 11.0. The lowest BCUT2D eigenvalue weighted by Crippen LogP contribution is -2.34. The van der Waals surface area contributed by atoms with Gasteiger partial charge in [0.2, 0.25) is 0 Å². The van der Waals surface area contributed by atoms with Crippen molar-refractivity contribution in [2.24, 2.45) is 5.92 Å². The second-order valence-corrected chi connectivity index (χ2v) is 3.47. The molecule has 0 spiro atoms. The monoisotopic (exact) mass is 174 g/mol. The summed E-state index contributed by atoms with van der Waals surface area (Å²) in [5.74, 6) is 0.324. The molecule has 0 unspecified atom stereocenters. The predicted molar refractivity (Wildman–Crippen MR) is 47.5 cm³/mol. The molecule has 0 radical (unpaired) electrons. The van der Waals surface area contributed by atoms with Crippen molar-refractivity contribution in [3.8, 4) is 0 Å². The SMILES string of the molecule is CC(C)CONC(=O)CN(C)C. The van der Waals surface area contributed by atoms with E-state index in [4.69, 9.17) is 4.84 Å². The first-order valence-corrected chi connectivity index (χ1v) is 4.07. The maximum absolute atomic E-state index is 11.0. The predicted octanol–water partition coefficient (Wildman–Crippen LogP) is 0.252. The Bertz CT molecular complexity index is 135. The zero-order chi connectivity index (χ0) is 9.56. The Balaban J connectivity index is 3.32. The lowest BCUT2D eigenvalue weighted by Gasteiger charge is -2.10. The molecule has 0 saturated carbocycles. The summed E-state index contributed by atoms with van der Waals surface area (Å²) >= 11 is 0. The normalized spacial score (nSPS) is 10.8. The maximum Gasteiger partial charge on any atom is 0.257 e. The summed E-state index contributed by atoms with van der Waals surface area (Å²) in [4.78, 5) is 17.7. The summed E-state index contributed by atoms with van der Waals surface area (Å²) in [6.45, 7) is 4.97. The van der Waals surface area contributed by atoms with Crippen LogP contribution in [0.2, 0.25) is 0 Å². The third-order valence-electron chi connectivity index (χ3n) is 1.06. The van der Waals surface area contributed by atoms with E-state index in [1.165, 1.54) is 0 Å². The highest BCUT2D eigenvalue weighted by Crippen LogP contribution is 1.89. The third-order valence-corrected chi connectivity index (χ3v) is 1.06. The highest BCUT2D eigenvalue weighted by Gasteiger charge is 2.02. The lowest BCUT2D eigenvalue weighted by atomic mass is 10.2. The molecule has 0 aliphatic rings. The molecule has 4 heteroatoms. The minimum Gasteiger partial charge on any atom is -0.301 e. The summed E-state index contributed by atoms with van der Waals surface area (Å²) in [6.07, 6.45) is 0. The van der Waals surface area contributed by atoms with Gasteiger partial charge in [-0.05, 0) is 20.0 Å². The lowest BCUT2D eigenvalue weighted by molar-refractivity contribution is -0.134. The van der Waals surface area contributed by atoms with Crippen molar-refractivity contribution in [3.05, 3.63) is 0 Å². The molecule has 1 amide bonds. The molecule has 0 aromatic rings. The Kier molecular flexibility index (Phi) is 5.66. The zero-order valence-corrected chi connectivity index (χ0v) is 8.26. The van der Waals surface area contributed by atoms with Gasteiger partial charge < -0.3 is 4.90 Å². The van der Waals surface area contributed by atoms with E-state index in [0.717, 1.165) is 0 Å². The molecule has 0 aliphatic heterocycles. The number of amides is 1. The first kappa shape index (κ1) is 11.4. The smallest absolute Gasteiger partial charge is 0.257 e. The van der Waals surface area contributed by atoms with Gasteiger partial charge in [-0.25, -0.2) is 5.48 Å². The molecule has 0 atom stereocenters. The van der Waals surface area contributed by atoms with Gasteiger partial charge >= 0.3 is 0 Å². The van der Waals surface area contributed by atoms with E-state index in [2.05, 4.69) is 5.48 Å². The van der Waals surface area contributed by atoms with E-state index in [-0.39, 0.29) is 5.91 Å². The van der Waals surface area contributed by atoms with E-state index in [9.17, 15) is 4.79 Å². The number of carbonyl (C=O) groups is 1. The van der Waals surface area contributed by atoms with Crippen LogP contribution < -0.4 is 5.48 Å². The van der Waals surface area contributed by atoms with Crippen LogP contribution in [0.1, 0.15) is 13.8 Å². The number of rotatable bonds is 5. The van der Waals surface area contributed by atoms with E-state index >= 15 is 0 Å². The summed E-state index contributed by atoms with van der Waals surface area (Å²) in [5.41, 5.74) is 2.36. The van der Waals surface area contributed by atoms with Crippen LogP contribution in [0.5, 0.6) is 0 Å². The van der Waals surface area contributed by atoms with Crippen molar-refractivity contribution in [1.29, 1.82) is 0 Å². The molecule has 0 aliphatic carbocycles. The summed E-state index contributed by atoms with van der Waals surface area (Å²) < 4.78 is 0. The highest BCUT2D eigenvalue weighted by atomic mass is 16.6. The number of nitrogens with one attached hydrogen (secondary N) is 1. The fourth-order valence-corrected chi connectivity index (χ4v) is 0.608. The van der Waals surface area contributed by atoms with Crippen LogP contribution in [0, 0.1) is 5.92 Å². The molecule has 0 heterocycles. The van der Waals surface area contributed by atoms with Gasteiger partial charge in [-0.1, -0.05) is 13.8 Å². The van der Waals surface area contributed by atoms with E-state index in [1.54, 1.807) is 4.90 Å². The fourth-order valence-electron chi connectivity index (χ4n) is 0.608. The molecule has 0 saturated heterocycles. The highest BCUT2D eigenvalue weighted by molar-refractivity contribution is 5.76. The van der Waals surface area contributed by atoms with Gasteiger partial charge in [0, 0.05) is 0 Å². The van der Waals surface area contributed by atoms with Gasteiger partial charge in [-0.3, -0.25) is 9.63 Å². The summed E-state index contributed by atoms with van der Waals surface area (Å²) in [5, 5.41) is 0. The van der Waals surface area contributed by atoms with Gasteiger partial charge in [0.1, 0.15) is 0 Å². The molecule has 0 aromatic heterocycles. The van der Waals surface area contributed by atoms with E-state index < -0.39 is 0 Å². The van der Waals surface area contributed by atoms with Gasteiger partial charge in [-0.15, -0.1) is 0 Å². The molecule has 0 rings (SSSR count). The first-order chi connectivity index (χ1) is 5.52. The second-order valence-electron chi connectivity index (χ2n) is 3.47. The van der Waals surface area contributed by atoms with Crippen molar-refractivity contribution in [2.75, 3.05) is 27.2 Å². The second kappa shape index (κ2) is 5.97. The van der Waals surface area contributed by atoms with Crippen molar-refractivity contribution in [3.63, 3.8) is 0 Å². The number of hydrogen-bond acceptors (Lipinski definition) is 3. The van der Waals surface area contributed by atoms with Gasteiger partial charge in [-0.2, -0.15) is 0 Å². The van der Waals surface area contributed by atoms with Crippen LogP contribution in [0.25, 0.3) is 0 Å². The summed E-state index contributed by atoms with van der Waals surface area (Å²) in [6, 6.07) is 0. The van der Waals surface area contributed by atoms with Crippen LogP contribution in [-0.2, 0) is 9.63 Å². The Morgan fingerprint density at radius 1 is 1.50 bits per heavy atom. The van der Waals surface area contributed by atoms with Crippen LogP contribution in [-0.4, -0.2) is 38.1 Å². The molecule has 0 fully saturated rings.